The van der Waals surface area contributed by atoms with E-state index in [1.165, 1.54) is 0 Å². The zero-order chi connectivity index (χ0) is 19.2. The van der Waals surface area contributed by atoms with Crippen molar-refractivity contribution in [2.75, 3.05) is 13.1 Å². The van der Waals surface area contributed by atoms with Gasteiger partial charge >= 0.3 is 6.09 Å². The maximum atomic E-state index is 12.3. The van der Waals surface area contributed by atoms with Crippen molar-refractivity contribution < 1.29 is 19.1 Å². The summed E-state index contributed by atoms with van der Waals surface area (Å²) in [7, 11) is 0. The second-order valence-corrected chi connectivity index (χ2v) is 7.69. The lowest BCUT2D eigenvalue weighted by molar-refractivity contribution is -0.133. The van der Waals surface area contributed by atoms with Crippen molar-refractivity contribution in [2.24, 2.45) is 0 Å². The van der Waals surface area contributed by atoms with E-state index in [0.29, 0.717) is 19.7 Å². The Bertz CT molecular complexity index is 590. The molecular weight excluding hydrogens is 332 g/mol. The van der Waals surface area contributed by atoms with E-state index in [-0.39, 0.29) is 18.0 Å². The number of carbonyl (C=O) groups excluding carboxylic acids is 2. The number of amides is 2. The Morgan fingerprint density at radius 1 is 1.19 bits per heavy atom. The van der Waals surface area contributed by atoms with Crippen LogP contribution < -0.4 is 5.32 Å². The molecule has 1 saturated heterocycles. The van der Waals surface area contributed by atoms with Crippen molar-refractivity contribution in [1.29, 1.82) is 0 Å². The molecule has 6 nitrogen and oxygen atoms in total. The molecule has 0 unspecified atom stereocenters. The first-order valence-electron chi connectivity index (χ1n) is 9.18. The molecule has 1 aliphatic heterocycles. The van der Waals surface area contributed by atoms with Gasteiger partial charge in [-0.1, -0.05) is 30.3 Å². The molecule has 144 valence electrons. The monoisotopic (exact) mass is 362 g/mol. The lowest BCUT2D eigenvalue weighted by Crippen LogP contribution is -2.49. The molecule has 2 rings (SSSR count). The van der Waals surface area contributed by atoms with Gasteiger partial charge in [0.25, 0.3) is 0 Å². The highest BCUT2D eigenvalue weighted by molar-refractivity contribution is 5.80. The first-order valence-corrected chi connectivity index (χ1v) is 9.18. The molecule has 1 fully saturated rings. The van der Waals surface area contributed by atoms with Crippen molar-refractivity contribution in [3.63, 3.8) is 0 Å². The van der Waals surface area contributed by atoms with Crippen LogP contribution in [0.1, 0.15) is 46.1 Å². The van der Waals surface area contributed by atoms with E-state index in [1.54, 1.807) is 11.8 Å². The maximum absolute atomic E-state index is 12.3. The molecule has 2 amide bonds. The minimum atomic E-state index is -0.515. The third kappa shape index (κ3) is 6.67. The van der Waals surface area contributed by atoms with Crippen LogP contribution in [0.15, 0.2) is 30.3 Å². The molecule has 0 spiro atoms. The first kappa shape index (κ1) is 20.2. The van der Waals surface area contributed by atoms with Crippen LogP contribution in [0.4, 0.5) is 4.79 Å². The molecule has 0 aromatic heterocycles. The van der Waals surface area contributed by atoms with Crippen molar-refractivity contribution in [1.82, 2.24) is 10.2 Å². The molecule has 26 heavy (non-hydrogen) atoms. The average Bonchev–Trinajstić information content (AvgIpc) is 2.59. The van der Waals surface area contributed by atoms with Gasteiger partial charge in [0.05, 0.1) is 6.61 Å². The molecule has 0 aliphatic carbocycles. The predicted octanol–water partition coefficient (Wildman–Crippen LogP) is 3.11. The minimum Gasteiger partial charge on any atom is -0.444 e. The van der Waals surface area contributed by atoms with Gasteiger partial charge in [-0.3, -0.25) is 4.79 Å². The van der Waals surface area contributed by atoms with Gasteiger partial charge in [0, 0.05) is 19.1 Å². The van der Waals surface area contributed by atoms with Crippen LogP contribution in [0, 0.1) is 0 Å². The first-order chi connectivity index (χ1) is 12.2. The quantitative estimate of drug-likeness (QED) is 0.874. The summed E-state index contributed by atoms with van der Waals surface area (Å²) in [6.07, 6.45) is 0.633. The van der Waals surface area contributed by atoms with E-state index >= 15 is 0 Å². The van der Waals surface area contributed by atoms with Gasteiger partial charge in [-0.05, 0) is 46.1 Å². The summed E-state index contributed by atoms with van der Waals surface area (Å²) in [5.74, 6) is -0.114. The summed E-state index contributed by atoms with van der Waals surface area (Å²) < 4.78 is 11.0. The van der Waals surface area contributed by atoms with Crippen molar-refractivity contribution >= 4 is 12.0 Å². The molecule has 1 aliphatic rings. The van der Waals surface area contributed by atoms with Gasteiger partial charge in [-0.25, -0.2) is 4.79 Å². The molecule has 1 atom stereocenters. The number of rotatable bonds is 5. The smallest absolute Gasteiger partial charge is 0.410 e. The summed E-state index contributed by atoms with van der Waals surface area (Å²) in [5.41, 5.74) is 0.547. The standard InChI is InChI=1S/C20H30N2O4/c1-15(25-14-16-8-6-5-7-9-16)18(23)21-17-10-12-22(13-11-17)19(24)26-20(2,3)4/h5-9,15,17H,10-14H2,1-4H3,(H,21,23)/t15-/m0/s1. The molecule has 1 heterocycles. The fraction of sp³-hybridized carbons (Fsp3) is 0.600. The summed E-state index contributed by atoms with van der Waals surface area (Å²) in [6.45, 7) is 8.90. The van der Waals surface area contributed by atoms with Gasteiger partial charge in [-0.2, -0.15) is 0 Å². The van der Waals surface area contributed by atoms with Gasteiger partial charge in [-0.15, -0.1) is 0 Å². The van der Waals surface area contributed by atoms with Crippen LogP contribution in [0.5, 0.6) is 0 Å². The largest absolute Gasteiger partial charge is 0.444 e. The highest BCUT2D eigenvalue weighted by Crippen LogP contribution is 2.15. The molecule has 0 bridgehead atoms. The number of carbonyl (C=O) groups is 2. The molecule has 1 aromatic rings. The number of nitrogens with one attached hydrogen (secondary N) is 1. The van der Waals surface area contributed by atoms with E-state index in [9.17, 15) is 9.59 Å². The number of nitrogens with zero attached hydrogens (tertiary/aromatic N) is 1. The minimum absolute atomic E-state index is 0.0592. The number of piperidine rings is 1. The second-order valence-electron chi connectivity index (χ2n) is 7.69. The van der Waals surface area contributed by atoms with E-state index in [0.717, 1.165) is 18.4 Å². The highest BCUT2D eigenvalue weighted by Gasteiger charge is 2.28. The molecule has 1 aromatic carbocycles. The summed E-state index contributed by atoms with van der Waals surface area (Å²) in [5, 5.41) is 3.02. The van der Waals surface area contributed by atoms with E-state index in [4.69, 9.17) is 9.47 Å². The Morgan fingerprint density at radius 3 is 2.38 bits per heavy atom. The normalized spacial score (nSPS) is 16.8. The van der Waals surface area contributed by atoms with Crippen LogP contribution >= 0.6 is 0 Å². The number of benzene rings is 1. The second kappa shape index (κ2) is 9.03. The van der Waals surface area contributed by atoms with Crippen molar-refractivity contribution in [3.05, 3.63) is 35.9 Å². The van der Waals surface area contributed by atoms with Crippen molar-refractivity contribution in [3.8, 4) is 0 Å². The zero-order valence-corrected chi connectivity index (χ0v) is 16.2. The Hall–Kier alpha value is -2.08. The van der Waals surface area contributed by atoms with Gasteiger partial charge in [0.15, 0.2) is 0 Å². The third-order valence-corrected chi connectivity index (χ3v) is 4.21. The molecule has 0 saturated carbocycles. The maximum Gasteiger partial charge on any atom is 0.410 e. The summed E-state index contributed by atoms with van der Waals surface area (Å²) in [4.78, 5) is 26.1. The predicted molar refractivity (Wildman–Crippen MR) is 99.7 cm³/mol. The summed E-state index contributed by atoms with van der Waals surface area (Å²) in [6, 6.07) is 9.84. The number of hydrogen-bond donors (Lipinski definition) is 1. The molecule has 6 heteroatoms. The molecule has 1 N–H and O–H groups in total. The fourth-order valence-corrected chi connectivity index (χ4v) is 2.72. The Labute approximate surface area is 155 Å². The zero-order valence-electron chi connectivity index (χ0n) is 16.2. The van der Waals surface area contributed by atoms with Crippen LogP contribution in [-0.4, -0.2) is 47.7 Å². The lowest BCUT2D eigenvalue weighted by Gasteiger charge is -2.34. The van der Waals surface area contributed by atoms with Gasteiger partial charge in [0.2, 0.25) is 5.91 Å². The Morgan fingerprint density at radius 2 is 1.81 bits per heavy atom. The van der Waals surface area contributed by atoms with E-state index in [2.05, 4.69) is 5.32 Å². The number of ether oxygens (including phenoxy) is 2. The Kier molecular flexibility index (Phi) is 7.03. The topological polar surface area (TPSA) is 67.9 Å². The van der Waals surface area contributed by atoms with Crippen molar-refractivity contribution in [2.45, 2.75) is 64.9 Å². The van der Waals surface area contributed by atoms with E-state index in [1.807, 2.05) is 51.1 Å². The average molecular weight is 362 g/mol. The van der Waals surface area contributed by atoms with Crippen LogP contribution in [0.25, 0.3) is 0 Å². The summed E-state index contributed by atoms with van der Waals surface area (Å²) >= 11 is 0. The van der Waals surface area contributed by atoms with Gasteiger partial charge in [0.1, 0.15) is 11.7 Å². The fourth-order valence-electron chi connectivity index (χ4n) is 2.72. The third-order valence-electron chi connectivity index (χ3n) is 4.21. The van der Waals surface area contributed by atoms with Crippen LogP contribution in [0.2, 0.25) is 0 Å². The Balaban J connectivity index is 1.71. The number of hydrogen-bond acceptors (Lipinski definition) is 4. The number of likely N-dealkylation sites (tertiary alicyclic amines) is 1. The van der Waals surface area contributed by atoms with Crippen LogP contribution in [0.3, 0.4) is 0 Å². The van der Waals surface area contributed by atoms with Crippen LogP contribution in [-0.2, 0) is 20.9 Å². The lowest BCUT2D eigenvalue weighted by atomic mass is 10.1. The van der Waals surface area contributed by atoms with E-state index < -0.39 is 11.7 Å². The SMILES string of the molecule is C[C@H](OCc1ccccc1)C(=O)NC1CCN(C(=O)OC(C)(C)C)CC1. The molecule has 0 radical (unpaired) electrons. The van der Waals surface area contributed by atoms with Gasteiger partial charge < -0.3 is 19.7 Å². The highest BCUT2D eigenvalue weighted by atomic mass is 16.6. The molecular formula is C20H30N2O4.